The van der Waals surface area contributed by atoms with Gasteiger partial charge in [0.05, 0.1) is 26.3 Å². The molecule has 6 rings (SSSR count). The average molecular weight is 678 g/mol. The molecule has 0 unspecified atom stereocenters. The first kappa shape index (κ1) is 36.4. The van der Waals surface area contributed by atoms with E-state index in [1.165, 1.54) is 25.9 Å². The van der Waals surface area contributed by atoms with Crippen LogP contribution in [0.5, 0.6) is 0 Å². The number of hydrogen-bond donors (Lipinski definition) is 2. The zero-order chi connectivity index (χ0) is 31.0. The molecule has 0 aromatic carbocycles. The minimum absolute atomic E-state index is 0. The van der Waals surface area contributed by atoms with E-state index in [1.54, 1.807) is 39.0 Å². The van der Waals surface area contributed by atoms with Crippen LogP contribution < -0.4 is 15.5 Å². The predicted octanol–water partition coefficient (Wildman–Crippen LogP) is 4.67. The van der Waals surface area contributed by atoms with Gasteiger partial charge >= 0.3 is 12.3 Å². The first-order valence-corrected chi connectivity index (χ1v) is 14.3. The predicted molar refractivity (Wildman–Crippen MR) is 160 cm³/mol. The number of quaternary nitrogens is 1. The van der Waals surface area contributed by atoms with E-state index in [-0.39, 0.29) is 13.0 Å². The topological polar surface area (TPSA) is 119 Å². The van der Waals surface area contributed by atoms with Crippen molar-refractivity contribution in [2.45, 2.75) is 70.9 Å². The Morgan fingerprint density at radius 3 is 1.98 bits per heavy atom. The van der Waals surface area contributed by atoms with Crippen molar-refractivity contribution in [1.82, 2.24) is 9.97 Å². The number of nitrogens with two attached hydrogens (primary N) is 1. The van der Waals surface area contributed by atoms with Gasteiger partial charge in [-0.15, -0.1) is 0 Å². The maximum Gasteiger partial charge on any atom is 0.446 e. The van der Waals surface area contributed by atoms with Gasteiger partial charge in [-0.25, -0.2) is 14.8 Å². The summed E-state index contributed by atoms with van der Waals surface area (Å²) >= 11 is 3.21. The van der Waals surface area contributed by atoms with Crippen LogP contribution in [0.2, 0.25) is 0 Å². The van der Waals surface area contributed by atoms with Crippen molar-refractivity contribution >= 4 is 39.9 Å². The van der Waals surface area contributed by atoms with E-state index in [2.05, 4.69) is 53.6 Å². The van der Waals surface area contributed by atoms with Gasteiger partial charge in [0.25, 0.3) is 0 Å². The number of anilines is 2. The molecule has 0 atom stereocenters. The molecule has 3 N–H and O–H groups in total. The highest BCUT2D eigenvalue weighted by Crippen LogP contribution is 2.37. The Morgan fingerprint density at radius 1 is 1.05 bits per heavy atom. The van der Waals surface area contributed by atoms with Crippen LogP contribution in [0.1, 0.15) is 46.7 Å². The molecule has 6 heterocycles. The molecule has 240 valence electrons. The van der Waals surface area contributed by atoms with Crippen LogP contribution in [-0.4, -0.2) is 84.7 Å². The lowest BCUT2D eigenvalue weighted by Gasteiger charge is -2.55. The minimum atomic E-state index is -4.64. The molecule has 1 amide bonds. The Morgan fingerprint density at radius 2 is 1.60 bits per heavy atom. The number of alkyl halides is 3. The second-order valence-electron chi connectivity index (χ2n) is 11.4. The Hall–Kier alpha value is -2.81. The van der Waals surface area contributed by atoms with E-state index in [9.17, 15) is 18.0 Å². The first-order chi connectivity index (χ1) is 19.6. The van der Waals surface area contributed by atoms with Crippen LogP contribution in [0.25, 0.3) is 0 Å². The molecular weight excluding hydrogens is 635 g/mol. The van der Waals surface area contributed by atoms with Crippen molar-refractivity contribution in [3.8, 4) is 0 Å². The molecule has 4 fully saturated rings. The molecule has 43 heavy (non-hydrogen) atoms. The monoisotopic (exact) mass is 676 g/mol. The Labute approximate surface area is 259 Å². The van der Waals surface area contributed by atoms with Crippen molar-refractivity contribution in [2.24, 2.45) is 0 Å². The number of amides is 1. The smallest absolute Gasteiger partial charge is 0.444 e. The van der Waals surface area contributed by atoms with Crippen LogP contribution in [0.3, 0.4) is 0 Å². The average Bonchev–Trinajstić information content (AvgIpc) is 2.75. The Kier molecular flexibility index (Phi) is 12.9. The summed E-state index contributed by atoms with van der Waals surface area (Å²) in [5, 5.41) is 4.83. The fourth-order valence-electron chi connectivity index (χ4n) is 4.22. The van der Waals surface area contributed by atoms with Crippen molar-refractivity contribution in [2.75, 3.05) is 49.6 Å². The number of carbonyl (C=O) groups excluding carboxylic acids is 2. The zero-order valence-corrected chi connectivity index (χ0v) is 25.8. The van der Waals surface area contributed by atoms with Gasteiger partial charge in [-0.05, 0) is 67.9 Å². The van der Waals surface area contributed by atoms with Gasteiger partial charge < -0.3 is 24.4 Å². The first-order valence-electron chi connectivity index (χ1n) is 13.6. The molecule has 14 heteroatoms. The number of halogens is 4. The van der Waals surface area contributed by atoms with E-state index < -0.39 is 24.2 Å². The maximum atomic E-state index is 11.4. The van der Waals surface area contributed by atoms with Crippen molar-refractivity contribution < 1.29 is 42.3 Å². The van der Waals surface area contributed by atoms with Crippen LogP contribution in [-0.2, 0) is 19.0 Å². The summed E-state index contributed by atoms with van der Waals surface area (Å²) in [5.41, 5.74) is 1.17. The van der Waals surface area contributed by atoms with Gasteiger partial charge in [-0.3, -0.25) is 10.1 Å². The highest BCUT2D eigenvalue weighted by Gasteiger charge is 2.49. The largest absolute Gasteiger partial charge is 0.446 e. The van der Waals surface area contributed by atoms with E-state index in [0.29, 0.717) is 16.0 Å². The standard InChI is InChI=1S/C11H14N2O.C10H13BrN2O2.C5H9NO.C2HF3O.CH4/c1-9-3-2-4-10(12-9)13-7-11(8-13)5-6-14-11;1-10(2,3)15-9(14)13-8-6-4-5-7(11)12-8;1-2-7-5(1)3-6-4-5;3-2(4,5)1-6;/h2-4H,5-8H2,1H3;4-6H,1-3H3,(H,12,13,14);6H,1-4H2;1H;1H4/p+1. The molecular formula is C29H42BrF3N5O5+. The number of nitrogens with zero attached hydrogens (tertiary/aromatic N) is 3. The number of hydrogen-bond acceptors (Lipinski definition) is 8. The summed E-state index contributed by atoms with van der Waals surface area (Å²) in [4.78, 5) is 30.9. The van der Waals surface area contributed by atoms with Gasteiger partial charge in [0.1, 0.15) is 40.5 Å². The molecule has 0 bridgehead atoms. The molecule has 0 radical (unpaired) electrons. The lowest BCUT2D eigenvalue weighted by atomic mass is 9.86. The second-order valence-corrected chi connectivity index (χ2v) is 12.2. The summed E-state index contributed by atoms with van der Waals surface area (Å²) in [7, 11) is 0. The van der Waals surface area contributed by atoms with Gasteiger partial charge in [-0.1, -0.05) is 19.6 Å². The highest BCUT2D eigenvalue weighted by molar-refractivity contribution is 9.10. The highest BCUT2D eigenvalue weighted by atomic mass is 79.9. The van der Waals surface area contributed by atoms with Crippen LogP contribution >= 0.6 is 15.9 Å². The molecule has 4 saturated heterocycles. The number of aldehydes is 1. The van der Waals surface area contributed by atoms with Crippen molar-refractivity contribution in [1.29, 1.82) is 0 Å². The number of pyridine rings is 2. The number of carbonyl (C=O) groups is 2. The van der Waals surface area contributed by atoms with Crippen molar-refractivity contribution in [3.05, 3.63) is 46.7 Å². The molecule has 10 nitrogen and oxygen atoms in total. The van der Waals surface area contributed by atoms with Gasteiger partial charge in [0.2, 0.25) is 6.29 Å². The van der Waals surface area contributed by atoms with E-state index >= 15 is 0 Å². The lowest BCUT2D eigenvalue weighted by Crippen LogP contribution is -3.04. The van der Waals surface area contributed by atoms with E-state index in [1.807, 2.05) is 13.0 Å². The van der Waals surface area contributed by atoms with Crippen LogP contribution in [0.15, 0.2) is 41.0 Å². The zero-order valence-electron chi connectivity index (χ0n) is 24.2. The van der Waals surface area contributed by atoms with Crippen LogP contribution in [0, 0.1) is 6.92 Å². The fraction of sp³-hybridized carbons (Fsp3) is 0.586. The molecule has 2 aromatic heterocycles. The van der Waals surface area contributed by atoms with Crippen LogP contribution in [0.4, 0.5) is 29.6 Å². The molecule has 2 spiro atoms. The lowest BCUT2D eigenvalue weighted by molar-refractivity contribution is -0.752. The van der Waals surface area contributed by atoms with Crippen molar-refractivity contribution in [3.63, 3.8) is 0 Å². The summed E-state index contributed by atoms with van der Waals surface area (Å²) in [6.45, 7) is 13.9. The van der Waals surface area contributed by atoms with E-state index in [0.717, 1.165) is 37.8 Å². The van der Waals surface area contributed by atoms with E-state index in [4.69, 9.17) is 19.0 Å². The molecule has 4 aliphatic rings. The third kappa shape index (κ3) is 12.0. The molecule has 0 saturated carbocycles. The summed E-state index contributed by atoms with van der Waals surface area (Å²) in [6.07, 6.45) is -3.68. The Bertz CT molecular complexity index is 1180. The molecule has 2 aromatic rings. The quantitative estimate of drug-likeness (QED) is 0.348. The normalized spacial score (nSPS) is 18.5. The Balaban J connectivity index is 0.000000212. The third-order valence-electron chi connectivity index (χ3n) is 6.60. The summed E-state index contributed by atoms with van der Waals surface area (Å²) in [5.74, 6) is 1.55. The number of aryl methyl sites for hydroxylation is 1. The third-order valence-corrected chi connectivity index (χ3v) is 7.04. The van der Waals surface area contributed by atoms with Gasteiger partial charge in [-0.2, -0.15) is 13.2 Å². The van der Waals surface area contributed by atoms with Gasteiger partial charge in [0.15, 0.2) is 5.60 Å². The molecule has 4 aliphatic heterocycles. The number of rotatable bonds is 2. The second kappa shape index (κ2) is 15.3. The van der Waals surface area contributed by atoms with Gasteiger partial charge in [0, 0.05) is 18.5 Å². The minimum Gasteiger partial charge on any atom is -0.444 e. The SMILES string of the molecule is C.C1CC2(C[NH2+]C2)O1.CC(C)(C)OC(=O)Nc1cccc(Br)n1.Cc1cccc(N2CC3(CCO3)C2)n1.O=CC(F)(F)F. The fourth-order valence-corrected chi connectivity index (χ4v) is 4.57. The number of ether oxygens (including phenoxy) is 3. The number of nitrogens with one attached hydrogen (secondary N) is 1. The maximum absolute atomic E-state index is 11.4. The number of aromatic nitrogens is 2. The summed E-state index contributed by atoms with van der Waals surface area (Å²) < 4.78 is 47.9. The summed E-state index contributed by atoms with van der Waals surface area (Å²) in [6, 6.07) is 11.4. The molecule has 0 aliphatic carbocycles.